The number of aryl methyl sites for hydroxylation is 1. The van der Waals surface area contributed by atoms with Gasteiger partial charge in [0, 0.05) is 0 Å². The maximum absolute atomic E-state index is 2.45. The minimum absolute atomic E-state index is 0.269. The summed E-state index contributed by atoms with van der Waals surface area (Å²) >= 11 is 0. The standard InChI is InChI=1S/C32H22/c1-21-19-23(22-11-3-2-4-12-22)20-30-31(21)26-15-7-10-18-29(26)32(30)27-16-8-5-13-24(27)25-14-6-9-17-28(25)32/h2-20H,1H3. The number of rotatable bonds is 1. The molecule has 32 heavy (non-hydrogen) atoms. The molecule has 0 heteroatoms. The minimum atomic E-state index is -0.269. The number of fused-ring (bicyclic) bond motifs is 10. The van der Waals surface area contributed by atoms with E-state index >= 15 is 0 Å². The molecule has 0 radical (unpaired) electrons. The molecule has 0 nitrogen and oxygen atoms in total. The van der Waals surface area contributed by atoms with Crippen LogP contribution in [0.2, 0.25) is 0 Å². The van der Waals surface area contributed by atoms with Crippen molar-refractivity contribution in [3.05, 3.63) is 143 Å². The van der Waals surface area contributed by atoms with Crippen molar-refractivity contribution in [2.24, 2.45) is 0 Å². The van der Waals surface area contributed by atoms with Crippen LogP contribution in [0.25, 0.3) is 33.4 Å². The van der Waals surface area contributed by atoms with Gasteiger partial charge in [-0.1, -0.05) is 109 Å². The Morgan fingerprint density at radius 1 is 0.438 bits per heavy atom. The first-order valence-electron chi connectivity index (χ1n) is 11.3. The fourth-order valence-corrected chi connectivity index (χ4v) is 6.23. The van der Waals surface area contributed by atoms with Crippen LogP contribution >= 0.6 is 0 Å². The lowest BCUT2D eigenvalue weighted by Crippen LogP contribution is -2.25. The van der Waals surface area contributed by atoms with Crippen LogP contribution in [0, 0.1) is 6.92 Å². The van der Waals surface area contributed by atoms with E-state index in [1.807, 2.05) is 0 Å². The van der Waals surface area contributed by atoms with E-state index in [2.05, 4.69) is 122 Å². The number of hydrogen-bond acceptors (Lipinski definition) is 0. The number of benzene rings is 5. The summed E-state index contributed by atoms with van der Waals surface area (Å²) in [5.41, 5.74) is 14.7. The molecule has 0 saturated carbocycles. The van der Waals surface area contributed by atoms with Gasteiger partial charge in [-0.25, -0.2) is 0 Å². The van der Waals surface area contributed by atoms with Gasteiger partial charge < -0.3 is 0 Å². The summed E-state index contributed by atoms with van der Waals surface area (Å²) in [4.78, 5) is 0. The van der Waals surface area contributed by atoms with Gasteiger partial charge in [-0.3, -0.25) is 0 Å². The quantitative estimate of drug-likeness (QED) is 0.259. The SMILES string of the molecule is Cc1cc(-c2ccccc2)cc2c1-c1ccccc1C21c2ccccc2-c2ccccc21. The van der Waals surface area contributed by atoms with Gasteiger partial charge in [0.15, 0.2) is 0 Å². The van der Waals surface area contributed by atoms with Crippen LogP contribution in [0.15, 0.2) is 115 Å². The fraction of sp³-hybridized carbons (Fsp3) is 0.0625. The average molecular weight is 407 g/mol. The molecule has 1 spiro atoms. The molecule has 5 aromatic rings. The molecule has 0 unspecified atom stereocenters. The Hall–Kier alpha value is -3.90. The highest BCUT2D eigenvalue weighted by molar-refractivity contribution is 5.96. The van der Waals surface area contributed by atoms with E-state index in [1.54, 1.807) is 0 Å². The van der Waals surface area contributed by atoms with Crippen molar-refractivity contribution in [2.45, 2.75) is 12.3 Å². The van der Waals surface area contributed by atoms with Crippen LogP contribution in [-0.4, -0.2) is 0 Å². The Labute approximate surface area is 188 Å². The van der Waals surface area contributed by atoms with Crippen molar-refractivity contribution >= 4 is 0 Å². The van der Waals surface area contributed by atoms with Crippen molar-refractivity contribution in [3.8, 4) is 33.4 Å². The molecule has 7 rings (SSSR count). The van der Waals surface area contributed by atoms with Gasteiger partial charge >= 0.3 is 0 Å². The summed E-state index contributed by atoms with van der Waals surface area (Å²) < 4.78 is 0. The van der Waals surface area contributed by atoms with Crippen molar-refractivity contribution in [2.75, 3.05) is 0 Å². The van der Waals surface area contributed by atoms with Crippen LogP contribution in [0.5, 0.6) is 0 Å². The maximum Gasteiger partial charge on any atom is 0.0725 e. The topological polar surface area (TPSA) is 0 Å². The van der Waals surface area contributed by atoms with E-state index in [9.17, 15) is 0 Å². The van der Waals surface area contributed by atoms with Crippen LogP contribution in [0.1, 0.15) is 27.8 Å². The molecule has 0 heterocycles. The van der Waals surface area contributed by atoms with Crippen molar-refractivity contribution in [1.82, 2.24) is 0 Å². The average Bonchev–Trinajstić information content (AvgIpc) is 3.32. The molecule has 0 N–H and O–H groups in total. The Morgan fingerprint density at radius 2 is 0.938 bits per heavy atom. The third-order valence-electron chi connectivity index (χ3n) is 7.40. The first-order valence-corrected chi connectivity index (χ1v) is 11.3. The Kier molecular flexibility index (Phi) is 3.50. The second-order valence-electron chi connectivity index (χ2n) is 8.97. The second kappa shape index (κ2) is 6.31. The monoisotopic (exact) mass is 406 g/mol. The van der Waals surface area contributed by atoms with Gasteiger partial charge in [-0.2, -0.15) is 0 Å². The predicted molar refractivity (Wildman–Crippen MR) is 133 cm³/mol. The molecule has 0 fully saturated rings. The van der Waals surface area contributed by atoms with Crippen molar-refractivity contribution in [1.29, 1.82) is 0 Å². The van der Waals surface area contributed by atoms with Gasteiger partial charge in [0.2, 0.25) is 0 Å². The summed E-state index contributed by atoms with van der Waals surface area (Å²) in [6, 6.07) is 42.6. The molecular weight excluding hydrogens is 384 g/mol. The minimum Gasteiger partial charge on any atom is -0.0622 e. The normalized spacial score (nSPS) is 14.0. The van der Waals surface area contributed by atoms with E-state index in [4.69, 9.17) is 0 Å². The molecule has 2 aliphatic carbocycles. The fourth-order valence-electron chi connectivity index (χ4n) is 6.23. The summed E-state index contributed by atoms with van der Waals surface area (Å²) in [7, 11) is 0. The van der Waals surface area contributed by atoms with E-state index in [-0.39, 0.29) is 5.41 Å². The van der Waals surface area contributed by atoms with Crippen LogP contribution in [-0.2, 0) is 5.41 Å². The third kappa shape index (κ3) is 2.07. The molecule has 0 aromatic heterocycles. The first-order chi connectivity index (χ1) is 15.8. The highest BCUT2D eigenvalue weighted by atomic mass is 14.5. The molecule has 0 saturated heterocycles. The Bertz CT molecular complexity index is 1480. The second-order valence-corrected chi connectivity index (χ2v) is 8.97. The zero-order valence-corrected chi connectivity index (χ0v) is 18.0. The van der Waals surface area contributed by atoms with Crippen LogP contribution < -0.4 is 0 Å². The molecule has 0 aliphatic heterocycles. The summed E-state index contributed by atoms with van der Waals surface area (Å²) in [6.45, 7) is 2.27. The highest BCUT2D eigenvalue weighted by Gasteiger charge is 2.51. The predicted octanol–water partition coefficient (Wildman–Crippen LogP) is 8.01. The van der Waals surface area contributed by atoms with Gasteiger partial charge in [0.1, 0.15) is 0 Å². The molecule has 5 aromatic carbocycles. The van der Waals surface area contributed by atoms with Crippen LogP contribution in [0.4, 0.5) is 0 Å². The highest BCUT2D eigenvalue weighted by Crippen LogP contribution is 2.63. The molecule has 0 amide bonds. The maximum atomic E-state index is 2.45. The molecule has 0 atom stereocenters. The zero-order valence-electron chi connectivity index (χ0n) is 18.0. The van der Waals surface area contributed by atoms with Gasteiger partial charge in [-0.05, 0) is 74.2 Å². The van der Waals surface area contributed by atoms with Crippen LogP contribution in [0.3, 0.4) is 0 Å². The van der Waals surface area contributed by atoms with E-state index in [0.29, 0.717) is 0 Å². The van der Waals surface area contributed by atoms with E-state index < -0.39 is 0 Å². The first kappa shape index (κ1) is 17.7. The summed E-state index contributed by atoms with van der Waals surface area (Å²) in [6.07, 6.45) is 0. The zero-order chi connectivity index (χ0) is 21.3. The van der Waals surface area contributed by atoms with Gasteiger partial charge in [0.05, 0.1) is 5.41 Å². The smallest absolute Gasteiger partial charge is 0.0622 e. The Balaban J connectivity index is 1.67. The van der Waals surface area contributed by atoms with Crippen molar-refractivity contribution < 1.29 is 0 Å². The molecule has 0 bridgehead atoms. The molecular formula is C32H22. The lowest BCUT2D eigenvalue weighted by molar-refractivity contribution is 0.793. The van der Waals surface area contributed by atoms with E-state index in [1.165, 1.54) is 61.2 Å². The van der Waals surface area contributed by atoms with Crippen molar-refractivity contribution in [3.63, 3.8) is 0 Å². The van der Waals surface area contributed by atoms with Gasteiger partial charge in [-0.15, -0.1) is 0 Å². The lowest BCUT2D eigenvalue weighted by atomic mass is 9.70. The molecule has 150 valence electrons. The number of hydrogen-bond donors (Lipinski definition) is 0. The van der Waals surface area contributed by atoms with Gasteiger partial charge in [0.25, 0.3) is 0 Å². The Morgan fingerprint density at radius 3 is 1.56 bits per heavy atom. The molecule has 2 aliphatic rings. The summed E-state index contributed by atoms with van der Waals surface area (Å²) in [5, 5.41) is 0. The largest absolute Gasteiger partial charge is 0.0725 e. The summed E-state index contributed by atoms with van der Waals surface area (Å²) in [5.74, 6) is 0. The third-order valence-corrected chi connectivity index (χ3v) is 7.40. The lowest BCUT2D eigenvalue weighted by Gasteiger charge is -2.31. The van der Waals surface area contributed by atoms with E-state index in [0.717, 1.165) is 0 Å².